The summed E-state index contributed by atoms with van der Waals surface area (Å²) < 4.78 is 40.6. The first-order valence-corrected chi connectivity index (χ1v) is 7.85. The van der Waals surface area contributed by atoms with Crippen LogP contribution >= 0.6 is 22.6 Å². The predicted octanol–water partition coefficient (Wildman–Crippen LogP) is 2.93. The number of pyridine rings is 1. The zero-order valence-electron chi connectivity index (χ0n) is 9.89. The Hall–Kier alpha value is -1.22. The lowest BCUT2D eigenvalue weighted by Gasteiger charge is -2.11. The third-order valence-electron chi connectivity index (χ3n) is 2.50. The van der Waals surface area contributed by atoms with E-state index in [1.54, 1.807) is 12.1 Å². The van der Waals surface area contributed by atoms with Crippen molar-refractivity contribution in [1.29, 1.82) is 0 Å². The lowest BCUT2D eigenvalue weighted by Crippen LogP contribution is -2.14. The number of rotatable bonds is 3. The van der Waals surface area contributed by atoms with E-state index in [9.17, 15) is 12.8 Å². The smallest absolute Gasteiger partial charge is 0.263 e. The summed E-state index contributed by atoms with van der Waals surface area (Å²) in [4.78, 5) is 3.33. The number of sulfonamides is 1. The molecule has 7 heteroatoms. The highest BCUT2D eigenvalue weighted by molar-refractivity contribution is 14.1. The van der Waals surface area contributed by atoms with Gasteiger partial charge in [-0.2, -0.15) is 0 Å². The lowest BCUT2D eigenvalue weighted by atomic mass is 10.2. The average Bonchev–Trinajstić information content (AvgIpc) is 2.35. The maximum Gasteiger partial charge on any atom is 0.263 e. The van der Waals surface area contributed by atoms with Crippen molar-refractivity contribution in [3.63, 3.8) is 0 Å². The van der Waals surface area contributed by atoms with Crippen LogP contribution in [0.15, 0.2) is 41.6 Å². The van der Waals surface area contributed by atoms with Gasteiger partial charge in [0, 0.05) is 9.77 Å². The first-order chi connectivity index (χ1) is 8.90. The summed E-state index contributed by atoms with van der Waals surface area (Å²) in [5.41, 5.74) is 1.28. The van der Waals surface area contributed by atoms with Gasteiger partial charge in [-0.3, -0.25) is 9.71 Å². The van der Waals surface area contributed by atoms with E-state index in [1.807, 2.05) is 13.0 Å². The van der Waals surface area contributed by atoms with Crippen molar-refractivity contribution in [2.24, 2.45) is 0 Å². The Balaban J connectivity index is 2.39. The summed E-state index contributed by atoms with van der Waals surface area (Å²) in [6.45, 7) is 1.81. The van der Waals surface area contributed by atoms with Crippen LogP contribution in [0.25, 0.3) is 0 Å². The van der Waals surface area contributed by atoms with Crippen molar-refractivity contribution in [2.45, 2.75) is 11.8 Å². The third-order valence-corrected chi connectivity index (χ3v) is 5.00. The summed E-state index contributed by atoms with van der Waals surface area (Å²) in [5.74, 6) is -0.692. The van der Waals surface area contributed by atoms with E-state index in [2.05, 4.69) is 32.3 Å². The van der Waals surface area contributed by atoms with Crippen LogP contribution in [0.4, 0.5) is 10.1 Å². The van der Waals surface area contributed by atoms with E-state index in [1.165, 1.54) is 0 Å². The van der Waals surface area contributed by atoms with Crippen LogP contribution in [0.1, 0.15) is 5.56 Å². The third kappa shape index (κ3) is 3.21. The summed E-state index contributed by atoms with van der Waals surface area (Å²) in [6, 6.07) is 6.20. The Morgan fingerprint density at radius 3 is 2.74 bits per heavy atom. The fraction of sp³-hybridized carbons (Fsp3) is 0.0833. The number of hydrogen-bond acceptors (Lipinski definition) is 3. The van der Waals surface area contributed by atoms with Crippen LogP contribution in [0, 0.1) is 16.3 Å². The molecule has 2 aromatic rings. The largest absolute Gasteiger partial charge is 0.279 e. The molecule has 1 aromatic heterocycles. The minimum Gasteiger partial charge on any atom is -0.279 e. The molecule has 0 bridgehead atoms. The first-order valence-electron chi connectivity index (χ1n) is 5.28. The van der Waals surface area contributed by atoms with Crippen LogP contribution in [0.3, 0.4) is 0 Å². The maximum absolute atomic E-state index is 13.0. The lowest BCUT2D eigenvalue weighted by molar-refractivity contribution is 0.592. The molecule has 0 spiro atoms. The van der Waals surface area contributed by atoms with Gasteiger partial charge in [0.1, 0.15) is 10.7 Å². The normalized spacial score (nSPS) is 11.3. The molecule has 2 rings (SSSR count). The highest BCUT2D eigenvalue weighted by Gasteiger charge is 2.16. The molecule has 0 saturated carbocycles. The Morgan fingerprint density at radius 1 is 1.32 bits per heavy atom. The van der Waals surface area contributed by atoms with Crippen molar-refractivity contribution in [3.8, 4) is 0 Å². The van der Waals surface area contributed by atoms with Gasteiger partial charge in [-0.1, -0.05) is 6.07 Å². The van der Waals surface area contributed by atoms with Crippen LogP contribution < -0.4 is 4.72 Å². The summed E-state index contributed by atoms with van der Waals surface area (Å²) in [7, 11) is -3.83. The van der Waals surface area contributed by atoms with Crippen molar-refractivity contribution in [1.82, 2.24) is 4.98 Å². The number of nitrogens with zero attached hydrogens (tertiary/aromatic N) is 1. The zero-order chi connectivity index (χ0) is 14.0. The molecule has 100 valence electrons. The fourth-order valence-corrected chi connectivity index (χ4v) is 3.06. The van der Waals surface area contributed by atoms with Gasteiger partial charge in [-0.25, -0.2) is 12.8 Å². The molecule has 19 heavy (non-hydrogen) atoms. The fourth-order valence-electron chi connectivity index (χ4n) is 1.46. The van der Waals surface area contributed by atoms with Gasteiger partial charge in [0.25, 0.3) is 10.0 Å². The molecule has 1 heterocycles. The SMILES string of the molecule is Cc1c(I)cccc1NS(=O)(=O)c1cncc(F)c1. The second-order valence-electron chi connectivity index (χ2n) is 3.86. The molecule has 0 unspecified atom stereocenters. The minimum absolute atomic E-state index is 0.203. The van der Waals surface area contributed by atoms with Crippen molar-refractivity contribution < 1.29 is 12.8 Å². The zero-order valence-corrected chi connectivity index (χ0v) is 12.9. The Bertz CT molecular complexity index is 719. The highest BCUT2D eigenvalue weighted by atomic mass is 127. The van der Waals surface area contributed by atoms with E-state index in [0.717, 1.165) is 27.6 Å². The molecular formula is C12H10FIN2O2S. The van der Waals surface area contributed by atoms with Gasteiger partial charge in [-0.05, 0) is 53.3 Å². The number of nitrogens with one attached hydrogen (secondary N) is 1. The Morgan fingerprint density at radius 2 is 2.05 bits per heavy atom. The standard InChI is InChI=1S/C12H10FIN2O2S/c1-8-11(14)3-2-4-12(8)16-19(17,18)10-5-9(13)6-15-7-10/h2-7,16H,1H3. The van der Waals surface area contributed by atoms with E-state index >= 15 is 0 Å². The second kappa shape index (κ2) is 5.41. The molecule has 0 aliphatic carbocycles. The molecule has 0 saturated heterocycles. The van der Waals surface area contributed by atoms with Gasteiger partial charge in [0.05, 0.1) is 11.9 Å². The molecule has 1 aromatic carbocycles. The van der Waals surface area contributed by atoms with Crippen LogP contribution in [-0.2, 0) is 10.0 Å². The van der Waals surface area contributed by atoms with Gasteiger partial charge in [0.2, 0.25) is 0 Å². The van der Waals surface area contributed by atoms with E-state index in [0.29, 0.717) is 5.69 Å². The number of hydrogen-bond donors (Lipinski definition) is 1. The van der Waals surface area contributed by atoms with Gasteiger partial charge >= 0.3 is 0 Å². The topological polar surface area (TPSA) is 59.1 Å². The number of anilines is 1. The quantitative estimate of drug-likeness (QED) is 0.818. The molecular weight excluding hydrogens is 382 g/mol. The van der Waals surface area contributed by atoms with Crippen LogP contribution in [0.2, 0.25) is 0 Å². The maximum atomic E-state index is 13.0. The monoisotopic (exact) mass is 392 g/mol. The second-order valence-corrected chi connectivity index (χ2v) is 6.70. The minimum atomic E-state index is -3.83. The molecule has 1 N–H and O–H groups in total. The molecule has 0 aliphatic heterocycles. The predicted molar refractivity (Wildman–Crippen MR) is 78.9 cm³/mol. The Labute approximate surface area is 124 Å². The molecule has 4 nitrogen and oxygen atoms in total. The Kier molecular flexibility index (Phi) is 4.04. The van der Waals surface area contributed by atoms with E-state index in [-0.39, 0.29) is 4.90 Å². The summed E-state index contributed by atoms with van der Waals surface area (Å²) in [6.07, 6.45) is 2.06. The van der Waals surface area contributed by atoms with Crippen molar-refractivity contribution in [2.75, 3.05) is 4.72 Å². The molecule has 0 amide bonds. The van der Waals surface area contributed by atoms with Gasteiger partial charge in [-0.15, -0.1) is 0 Å². The number of aromatic nitrogens is 1. The number of benzene rings is 1. The molecule has 0 radical (unpaired) electrons. The van der Waals surface area contributed by atoms with Crippen molar-refractivity contribution in [3.05, 3.63) is 51.6 Å². The van der Waals surface area contributed by atoms with Crippen molar-refractivity contribution >= 4 is 38.3 Å². The van der Waals surface area contributed by atoms with E-state index < -0.39 is 15.8 Å². The average molecular weight is 392 g/mol. The molecule has 0 atom stereocenters. The first kappa shape index (κ1) is 14.2. The van der Waals surface area contributed by atoms with E-state index in [4.69, 9.17) is 0 Å². The number of halogens is 2. The molecule has 0 fully saturated rings. The van der Waals surface area contributed by atoms with Crippen LogP contribution in [0.5, 0.6) is 0 Å². The summed E-state index contributed by atoms with van der Waals surface area (Å²) in [5, 5.41) is 0. The summed E-state index contributed by atoms with van der Waals surface area (Å²) >= 11 is 2.11. The highest BCUT2D eigenvalue weighted by Crippen LogP contribution is 2.23. The molecule has 0 aliphatic rings. The van der Waals surface area contributed by atoms with Crippen LogP contribution in [-0.4, -0.2) is 13.4 Å². The van der Waals surface area contributed by atoms with Gasteiger partial charge < -0.3 is 0 Å². The van der Waals surface area contributed by atoms with Gasteiger partial charge in [0.15, 0.2) is 0 Å².